The van der Waals surface area contributed by atoms with Crippen LogP contribution in [-0.4, -0.2) is 34.4 Å². The van der Waals surface area contributed by atoms with E-state index in [4.69, 9.17) is 10.8 Å². The fraction of sp³-hybridized carbons (Fsp3) is 0.273. The van der Waals surface area contributed by atoms with Crippen LogP contribution in [0.25, 0.3) is 0 Å². The molecule has 96 valence electrons. The van der Waals surface area contributed by atoms with Crippen LogP contribution in [0.1, 0.15) is 33.7 Å². The van der Waals surface area contributed by atoms with E-state index in [2.05, 4.69) is 10.3 Å². The first-order chi connectivity index (χ1) is 8.50. The Morgan fingerprint density at radius 3 is 2.56 bits per heavy atom. The molecule has 1 aromatic rings. The predicted octanol–water partition coefficient (Wildman–Crippen LogP) is -0.225. The molecule has 0 unspecified atom stereocenters. The highest BCUT2D eigenvalue weighted by atomic mass is 16.4. The van der Waals surface area contributed by atoms with E-state index in [1.165, 1.54) is 18.3 Å². The number of carboxylic acids is 1. The third-order valence-electron chi connectivity index (χ3n) is 2.13. The topological polar surface area (TPSA) is 122 Å². The summed E-state index contributed by atoms with van der Waals surface area (Å²) in [5, 5.41) is 10.9. The van der Waals surface area contributed by atoms with Crippen molar-refractivity contribution in [2.45, 2.75) is 12.8 Å². The third-order valence-corrected chi connectivity index (χ3v) is 2.13. The number of carbonyl (C=O) groups is 3. The maximum Gasteiger partial charge on any atom is 0.303 e. The van der Waals surface area contributed by atoms with Gasteiger partial charge in [-0.25, -0.2) is 0 Å². The monoisotopic (exact) mass is 251 g/mol. The molecule has 0 spiro atoms. The van der Waals surface area contributed by atoms with Crippen molar-refractivity contribution >= 4 is 17.8 Å². The lowest BCUT2D eigenvalue weighted by molar-refractivity contribution is -0.137. The summed E-state index contributed by atoms with van der Waals surface area (Å²) in [7, 11) is 0. The molecular weight excluding hydrogens is 238 g/mol. The zero-order valence-electron chi connectivity index (χ0n) is 9.55. The lowest BCUT2D eigenvalue weighted by Gasteiger charge is -2.03. The van der Waals surface area contributed by atoms with Gasteiger partial charge in [-0.05, 0) is 18.6 Å². The van der Waals surface area contributed by atoms with Crippen molar-refractivity contribution in [1.82, 2.24) is 10.3 Å². The number of hydrogen-bond donors (Lipinski definition) is 3. The minimum atomic E-state index is -0.909. The molecule has 0 saturated heterocycles. The summed E-state index contributed by atoms with van der Waals surface area (Å²) in [6.07, 6.45) is 1.56. The highest BCUT2D eigenvalue weighted by molar-refractivity contribution is 5.95. The summed E-state index contributed by atoms with van der Waals surface area (Å²) in [5.41, 5.74) is 5.40. The molecule has 0 bridgehead atoms. The van der Waals surface area contributed by atoms with Crippen LogP contribution >= 0.6 is 0 Å². The number of primary amides is 1. The molecule has 0 atom stereocenters. The number of amides is 2. The summed E-state index contributed by atoms with van der Waals surface area (Å²) in [5.74, 6) is -1.94. The maximum absolute atomic E-state index is 11.5. The predicted molar refractivity (Wildman–Crippen MR) is 62.0 cm³/mol. The van der Waals surface area contributed by atoms with E-state index in [9.17, 15) is 14.4 Å². The molecule has 1 rings (SSSR count). The van der Waals surface area contributed by atoms with Crippen molar-refractivity contribution in [1.29, 1.82) is 0 Å². The van der Waals surface area contributed by atoms with Gasteiger partial charge in [-0.15, -0.1) is 0 Å². The lowest BCUT2D eigenvalue weighted by Crippen LogP contribution is -2.26. The van der Waals surface area contributed by atoms with Crippen molar-refractivity contribution < 1.29 is 19.5 Å². The highest BCUT2D eigenvalue weighted by Gasteiger charge is 2.08. The fourth-order valence-electron chi connectivity index (χ4n) is 1.21. The van der Waals surface area contributed by atoms with Gasteiger partial charge in [0.15, 0.2) is 0 Å². The number of carbonyl (C=O) groups excluding carboxylic acids is 2. The van der Waals surface area contributed by atoms with Crippen molar-refractivity contribution in [2.75, 3.05) is 6.54 Å². The minimum Gasteiger partial charge on any atom is -0.481 e. The number of nitrogens with one attached hydrogen (secondary N) is 1. The van der Waals surface area contributed by atoms with Gasteiger partial charge in [0.25, 0.3) is 5.91 Å². The standard InChI is InChI=1S/C11H13N3O4/c12-10(17)7-3-4-8(14-6-7)11(18)13-5-1-2-9(15)16/h3-4,6H,1-2,5H2,(H2,12,17)(H,13,18)(H,15,16). The van der Waals surface area contributed by atoms with Gasteiger partial charge >= 0.3 is 5.97 Å². The molecule has 0 saturated carbocycles. The van der Waals surface area contributed by atoms with Crippen LogP contribution in [0, 0.1) is 0 Å². The van der Waals surface area contributed by atoms with Gasteiger partial charge in [0.2, 0.25) is 5.91 Å². The largest absolute Gasteiger partial charge is 0.481 e. The Balaban J connectivity index is 2.46. The molecule has 18 heavy (non-hydrogen) atoms. The van der Waals surface area contributed by atoms with Crippen LogP contribution in [-0.2, 0) is 4.79 Å². The SMILES string of the molecule is NC(=O)c1ccc(C(=O)NCCCC(=O)O)nc1. The average Bonchev–Trinajstić information content (AvgIpc) is 2.34. The molecule has 0 radical (unpaired) electrons. The zero-order chi connectivity index (χ0) is 13.5. The molecule has 0 aliphatic carbocycles. The van der Waals surface area contributed by atoms with Crippen molar-refractivity contribution in [3.8, 4) is 0 Å². The number of nitrogens with zero attached hydrogens (tertiary/aromatic N) is 1. The van der Waals surface area contributed by atoms with Gasteiger partial charge in [-0.2, -0.15) is 0 Å². The fourth-order valence-corrected chi connectivity index (χ4v) is 1.21. The number of nitrogens with two attached hydrogens (primary N) is 1. The van der Waals surface area contributed by atoms with Crippen LogP contribution in [0.3, 0.4) is 0 Å². The Labute approximate surface area is 103 Å². The van der Waals surface area contributed by atoms with Gasteiger partial charge in [-0.3, -0.25) is 19.4 Å². The first-order valence-electron chi connectivity index (χ1n) is 5.26. The quantitative estimate of drug-likeness (QED) is 0.603. The molecule has 1 heterocycles. The Bertz CT molecular complexity index is 456. The molecule has 7 nitrogen and oxygen atoms in total. The second-order valence-electron chi connectivity index (χ2n) is 3.55. The molecule has 7 heteroatoms. The van der Waals surface area contributed by atoms with Crippen molar-refractivity contribution in [3.05, 3.63) is 29.6 Å². The number of rotatable bonds is 6. The van der Waals surface area contributed by atoms with E-state index in [1.807, 2.05) is 0 Å². The summed E-state index contributed by atoms with van der Waals surface area (Å²) in [4.78, 5) is 36.3. The van der Waals surface area contributed by atoms with Gasteiger partial charge in [0.1, 0.15) is 5.69 Å². The van der Waals surface area contributed by atoms with E-state index < -0.39 is 17.8 Å². The second kappa shape index (κ2) is 6.33. The van der Waals surface area contributed by atoms with E-state index in [0.29, 0.717) is 6.42 Å². The van der Waals surface area contributed by atoms with Gasteiger partial charge in [0.05, 0.1) is 5.56 Å². The smallest absolute Gasteiger partial charge is 0.303 e. The van der Waals surface area contributed by atoms with E-state index in [0.717, 1.165) is 0 Å². The summed E-state index contributed by atoms with van der Waals surface area (Å²) in [6, 6.07) is 2.79. The minimum absolute atomic E-state index is 0.00563. The number of aliphatic carboxylic acids is 1. The molecule has 2 amide bonds. The summed E-state index contributed by atoms with van der Waals surface area (Å²) >= 11 is 0. The number of carboxylic acid groups (broad SMARTS) is 1. The third kappa shape index (κ3) is 4.20. The molecule has 0 aromatic carbocycles. The van der Waals surface area contributed by atoms with E-state index >= 15 is 0 Å². The normalized spacial score (nSPS) is 9.78. The molecule has 1 aromatic heterocycles. The van der Waals surface area contributed by atoms with Gasteiger partial charge in [0, 0.05) is 19.2 Å². The van der Waals surface area contributed by atoms with E-state index in [1.54, 1.807) is 0 Å². The van der Waals surface area contributed by atoms with Gasteiger partial charge < -0.3 is 16.2 Å². The summed E-state index contributed by atoms with van der Waals surface area (Å²) < 4.78 is 0. The molecule has 4 N–H and O–H groups in total. The first-order valence-corrected chi connectivity index (χ1v) is 5.26. The molecule has 0 fully saturated rings. The van der Waals surface area contributed by atoms with Crippen LogP contribution in [0.15, 0.2) is 18.3 Å². The van der Waals surface area contributed by atoms with Crippen molar-refractivity contribution in [2.24, 2.45) is 5.73 Å². The Hall–Kier alpha value is -2.44. The van der Waals surface area contributed by atoms with Crippen LogP contribution in [0.4, 0.5) is 0 Å². The second-order valence-corrected chi connectivity index (χ2v) is 3.55. The average molecular weight is 251 g/mol. The number of hydrogen-bond acceptors (Lipinski definition) is 4. The maximum atomic E-state index is 11.5. The van der Waals surface area contributed by atoms with Crippen LogP contribution in [0.2, 0.25) is 0 Å². The molecular formula is C11H13N3O4. The summed E-state index contributed by atoms with van der Waals surface area (Å²) in [6.45, 7) is 0.254. The van der Waals surface area contributed by atoms with E-state index in [-0.39, 0.29) is 24.2 Å². The van der Waals surface area contributed by atoms with Crippen LogP contribution in [0.5, 0.6) is 0 Å². The number of aromatic nitrogens is 1. The lowest BCUT2D eigenvalue weighted by atomic mass is 10.2. The molecule has 0 aliphatic rings. The Morgan fingerprint density at radius 2 is 2.06 bits per heavy atom. The Morgan fingerprint density at radius 1 is 1.33 bits per heavy atom. The van der Waals surface area contributed by atoms with Crippen LogP contribution < -0.4 is 11.1 Å². The molecule has 0 aliphatic heterocycles. The first kappa shape index (κ1) is 13.6. The highest BCUT2D eigenvalue weighted by Crippen LogP contribution is 1.99. The zero-order valence-corrected chi connectivity index (χ0v) is 9.55. The van der Waals surface area contributed by atoms with Gasteiger partial charge in [-0.1, -0.05) is 0 Å². The van der Waals surface area contributed by atoms with Crippen molar-refractivity contribution in [3.63, 3.8) is 0 Å². The number of pyridine rings is 1. The Kier molecular flexibility index (Phi) is 4.79.